The predicted molar refractivity (Wildman–Crippen MR) is 126 cm³/mol. The number of alkyl halides is 3. The standard InChI is InChI=1S/C26H30F3N3O2/c1-2-21(30)18-32(25(34)26(27,28)29)22(13-12-19-8-4-3-5-9-19)14-15-24(33)31-17-16-20-10-6-7-11-23(20)31/h3-11,14-15,21-22H,2,12-13,16-18,30H2,1H3/b15-14+/t21-,22-/m0/s1. The van der Waals surface area contributed by atoms with Gasteiger partial charge in [0.05, 0.1) is 6.04 Å². The Hall–Kier alpha value is -3.13. The summed E-state index contributed by atoms with van der Waals surface area (Å²) in [5, 5.41) is 0. The summed E-state index contributed by atoms with van der Waals surface area (Å²) in [5.41, 5.74) is 8.73. The van der Waals surface area contributed by atoms with E-state index >= 15 is 0 Å². The minimum absolute atomic E-state index is 0.225. The number of aryl methyl sites for hydroxylation is 1. The molecule has 182 valence electrons. The number of nitrogens with two attached hydrogens (primary N) is 1. The van der Waals surface area contributed by atoms with Crippen LogP contribution >= 0.6 is 0 Å². The molecule has 3 rings (SSSR count). The van der Waals surface area contributed by atoms with Crippen molar-refractivity contribution < 1.29 is 22.8 Å². The van der Waals surface area contributed by atoms with Gasteiger partial charge in [-0.15, -0.1) is 0 Å². The molecule has 0 saturated heterocycles. The fourth-order valence-electron chi connectivity index (χ4n) is 4.08. The molecule has 8 heteroatoms. The van der Waals surface area contributed by atoms with Crippen LogP contribution < -0.4 is 10.6 Å². The molecule has 0 radical (unpaired) electrons. The van der Waals surface area contributed by atoms with Crippen LogP contribution in [0.2, 0.25) is 0 Å². The van der Waals surface area contributed by atoms with Crippen molar-refractivity contribution in [3.8, 4) is 0 Å². The first-order valence-corrected chi connectivity index (χ1v) is 11.5. The Morgan fingerprint density at radius 3 is 2.47 bits per heavy atom. The third kappa shape index (κ3) is 6.47. The molecule has 0 aliphatic carbocycles. The average molecular weight is 474 g/mol. The van der Waals surface area contributed by atoms with Crippen LogP contribution in [-0.2, 0) is 22.4 Å². The first kappa shape index (κ1) is 25.5. The number of nitrogens with zero attached hydrogens (tertiary/aromatic N) is 2. The number of para-hydroxylation sites is 1. The van der Waals surface area contributed by atoms with E-state index in [9.17, 15) is 22.8 Å². The van der Waals surface area contributed by atoms with E-state index in [0.717, 1.165) is 28.1 Å². The Morgan fingerprint density at radius 2 is 1.79 bits per heavy atom. The Kier molecular flexibility index (Phi) is 8.50. The number of rotatable bonds is 9. The first-order chi connectivity index (χ1) is 16.2. The van der Waals surface area contributed by atoms with E-state index in [2.05, 4.69) is 0 Å². The van der Waals surface area contributed by atoms with E-state index in [4.69, 9.17) is 5.73 Å². The van der Waals surface area contributed by atoms with E-state index < -0.39 is 24.2 Å². The molecule has 0 bridgehead atoms. The number of carbonyl (C=O) groups is 2. The van der Waals surface area contributed by atoms with Crippen molar-refractivity contribution in [1.29, 1.82) is 0 Å². The molecule has 2 aromatic rings. The summed E-state index contributed by atoms with van der Waals surface area (Å²) in [6.45, 7) is 2.01. The molecule has 2 N–H and O–H groups in total. The Labute approximate surface area is 198 Å². The van der Waals surface area contributed by atoms with Crippen molar-refractivity contribution in [3.05, 3.63) is 77.9 Å². The summed E-state index contributed by atoms with van der Waals surface area (Å²) in [6.07, 6.45) is -0.534. The fourth-order valence-corrected chi connectivity index (χ4v) is 4.08. The molecule has 1 aliphatic heterocycles. The molecule has 0 saturated carbocycles. The number of hydrogen-bond donors (Lipinski definition) is 1. The van der Waals surface area contributed by atoms with Gasteiger partial charge in [-0.1, -0.05) is 61.5 Å². The molecule has 5 nitrogen and oxygen atoms in total. The average Bonchev–Trinajstić information content (AvgIpc) is 3.26. The maximum absolute atomic E-state index is 13.5. The first-order valence-electron chi connectivity index (χ1n) is 11.5. The van der Waals surface area contributed by atoms with Crippen molar-refractivity contribution in [2.75, 3.05) is 18.0 Å². The highest BCUT2D eigenvalue weighted by atomic mass is 19.4. The summed E-state index contributed by atoms with van der Waals surface area (Å²) in [4.78, 5) is 27.7. The number of carbonyl (C=O) groups excluding carboxylic acids is 2. The molecule has 0 unspecified atom stereocenters. The van der Waals surface area contributed by atoms with Crippen LogP contribution in [-0.4, -0.2) is 48.1 Å². The van der Waals surface area contributed by atoms with Crippen LogP contribution in [0.15, 0.2) is 66.7 Å². The lowest BCUT2D eigenvalue weighted by atomic mass is 10.0. The normalized spacial score (nSPS) is 15.3. The highest BCUT2D eigenvalue weighted by molar-refractivity contribution is 6.03. The third-order valence-electron chi connectivity index (χ3n) is 6.05. The lowest BCUT2D eigenvalue weighted by molar-refractivity contribution is -0.187. The van der Waals surface area contributed by atoms with E-state index in [1.807, 2.05) is 54.6 Å². The van der Waals surface area contributed by atoms with Gasteiger partial charge in [-0.2, -0.15) is 13.2 Å². The minimum Gasteiger partial charge on any atom is -0.327 e. The van der Waals surface area contributed by atoms with E-state index in [0.29, 0.717) is 19.4 Å². The minimum atomic E-state index is -5.04. The summed E-state index contributed by atoms with van der Waals surface area (Å²) in [7, 11) is 0. The van der Waals surface area contributed by atoms with Gasteiger partial charge in [0, 0.05) is 30.9 Å². The Bertz CT molecular complexity index is 1010. The van der Waals surface area contributed by atoms with Gasteiger partial charge in [0.15, 0.2) is 0 Å². The van der Waals surface area contributed by atoms with Gasteiger partial charge in [-0.3, -0.25) is 9.59 Å². The van der Waals surface area contributed by atoms with Gasteiger partial charge >= 0.3 is 12.1 Å². The molecular formula is C26H30F3N3O2. The second-order valence-corrected chi connectivity index (χ2v) is 8.44. The Balaban J connectivity index is 1.86. The van der Waals surface area contributed by atoms with Gasteiger partial charge in [-0.05, 0) is 42.9 Å². The molecule has 2 aromatic carbocycles. The smallest absolute Gasteiger partial charge is 0.327 e. The number of fused-ring (bicyclic) bond motifs is 1. The number of halogens is 3. The van der Waals surface area contributed by atoms with Crippen LogP contribution in [0.1, 0.15) is 30.9 Å². The molecule has 0 aromatic heterocycles. The number of amides is 2. The van der Waals surface area contributed by atoms with Crippen LogP contribution in [0.25, 0.3) is 0 Å². The van der Waals surface area contributed by atoms with Crippen molar-refractivity contribution >= 4 is 17.5 Å². The number of hydrogen-bond acceptors (Lipinski definition) is 3. The lowest BCUT2D eigenvalue weighted by Gasteiger charge is -2.32. The second kappa shape index (κ2) is 11.3. The monoisotopic (exact) mass is 473 g/mol. The molecule has 0 fully saturated rings. The molecule has 2 atom stereocenters. The van der Waals surface area contributed by atoms with Crippen LogP contribution in [0.4, 0.5) is 18.9 Å². The maximum Gasteiger partial charge on any atom is 0.471 e. The summed E-state index contributed by atoms with van der Waals surface area (Å²) in [6, 6.07) is 15.3. The number of anilines is 1. The zero-order chi connectivity index (χ0) is 24.7. The Morgan fingerprint density at radius 1 is 1.12 bits per heavy atom. The van der Waals surface area contributed by atoms with E-state index in [-0.39, 0.29) is 18.9 Å². The van der Waals surface area contributed by atoms with Crippen molar-refractivity contribution in [2.24, 2.45) is 5.73 Å². The van der Waals surface area contributed by atoms with Gasteiger partial charge in [-0.25, -0.2) is 0 Å². The zero-order valence-electron chi connectivity index (χ0n) is 19.2. The quantitative estimate of drug-likeness (QED) is 0.554. The van der Waals surface area contributed by atoms with E-state index in [1.165, 1.54) is 12.2 Å². The highest BCUT2D eigenvalue weighted by Gasteiger charge is 2.44. The lowest BCUT2D eigenvalue weighted by Crippen LogP contribution is -2.51. The van der Waals surface area contributed by atoms with Gasteiger partial charge < -0.3 is 15.5 Å². The van der Waals surface area contributed by atoms with Gasteiger partial charge in [0.25, 0.3) is 5.91 Å². The largest absolute Gasteiger partial charge is 0.471 e. The molecule has 2 amide bonds. The summed E-state index contributed by atoms with van der Waals surface area (Å²) < 4.78 is 40.4. The van der Waals surface area contributed by atoms with Crippen LogP contribution in [0.5, 0.6) is 0 Å². The molecule has 34 heavy (non-hydrogen) atoms. The predicted octanol–water partition coefficient (Wildman–Crippen LogP) is 4.26. The maximum atomic E-state index is 13.5. The summed E-state index contributed by atoms with van der Waals surface area (Å²) in [5.74, 6) is -2.27. The zero-order valence-corrected chi connectivity index (χ0v) is 19.2. The van der Waals surface area contributed by atoms with Crippen LogP contribution in [0.3, 0.4) is 0 Å². The topological polar surface area (TPSA) is 66.6 Å². The van der Waals surface area contributed by atoms with Crippen LogP contribution in [0, 0.1) is 0 Å². The second-order valence-electron chi connectivity index (χ2n) is 8.44. The van der Waals surface area contributed by atoms with E-state index in [1.54, 1.807) is 11.8 Å². The molecule has 1 aliphatic rings. The SMILES string of the molecule is CC[C@H](N)CN(C(=O)C(F)(F)F)[C@H](/C=C/C(=O)N1CCc2ccccc21)CCc1ccccc1. The third-order valence-corrected chi connectivity index (χ3v) is 6.05. The van der Waals surface area contributed by atoms with Gasteiger partial charge in [0.1, 0.15) is 0 Å². The van der Waals surface area contributed by atoms with Crippen molar-refractivity contribution in [2.45, 2.75) is 50.9 Å². The highest BCUT2D eigenvalue weighted by Crippen LogP contribution is 2.28. The van der Waals surface area contributed by atoms with Crippen molar-refractivity contribution in [1.82, 2.24) is 4.90 Å². The molecule has 1 heterocycles. The molecule has 0 spiro atoms. The van der Waals surface area contributed by atoms with Crippen molar-refractivity contribution in [3.63, 3.8) is 0 Å². The fraction of sp³-hybridized carbons (Fsp3) is 0.385. The number of benzene rings is 2. The van der Waals surface area contributed by atoms with Gasteiger partial charge in [0.2, 0.25) is 0 Å². The molecular weight excluding hydrogens is 443 g/mol. The summed E-state index contributed by atoms with van der Waals surface area (Å²) >= 11 is 0.